The van der Waals surface area contributed by atoms with Crippen molar-refractivity contribution in [2.45, 2.75) is 17.1 Å². The van der Waals surface area contributed by atoms with Gasteiger partial charge < -0.3 is 10.6 Å². The lowest BCUT2D eigenvalue weighted by atomic mass is 10.2. The molecular formula is C14H12F3N5OS2. The van der Waals surface area contributed by atoms with Crippen molar-refractivity contribution in [3.8, 4) is 16.3 Å². The van der Waals surface area contributed by atoms with Crippen molar-refractivity contribution in [2.24, 2.45) is 0 Å². The molecule has 2 N–H and O–H groups in total. The Hall–Kier alpha value is -2.27. The summed E-state index contributed by atoms with van der Waals surface area (Å²) in [6, 6.07) is 7.45. The van der Waals surface area contributed by atoms with Gasteiger partial charge in [0.25, 0.3) is 5.82 Å². The summed E-state index contributed by atoms with van der Waals surface area (Å²) in [6.07, 6.45) is -4.64. The third kappa shape index (κ3) is 3.87. The van der Waals surface area contributed by atoms with E-state index in [-0.39, 0.29) is 5.16 Å². The van der Waals surface area contributed by atoms with Crippen LogP contribution in [0.4, 0.5) is 13.2 Å². The number of rotatable bonds is 5. The van der Waals surface area contributed by atoms with Crippen molar-refractivity contribution in [1.82, 2.24) is 19.9 Å². The number of thioether (sulfide) groups is 1. The van der Waals surface area contributed by atoms with E-state index in [4.69, 9.17) is 10.6 Å². The summed E-state index contributed by atoms with van der Waals surface area (Å²) >= 11 is 2.49. The van der Waals surface area contributed by atoms with Gasteiger partial charge in [0.2, 0.25) is 5.16 Å². The standard InChI is InChI=1S/C14H12F3N5OS2/c1-23-10-4-2-8(3-5-10)11-19-9(6-24-11)7-25-13-21-20-12(22(13)18)14(15,16)17/h2-6H,7,18H2,1H3. The predicted octanol–water partition coefficient (Wildman–Crippen LogP) is 3.44. The van der Waals surface area contributed by atoms with Crippen LogP contribution in [0.5, 0.6) is 5.75 Å². The van der Waals surface area contributed by atoms with E-state index < -0.39 is 12.0 Å². The number of methoxy groups -OCH3 is 1. The van der Waals surface area contributed by atoms with Gasteiger partial charge in [0.1, 0.15) is 10.8 Å². The first kappa shape index (κ1) is 17.5. The summed E-state index contributed by atoms with van der Waals surface area (Å²) in [6.45, 7) is 0. The molecule has 0 unspecified atom stereocenters. The zero-order valence-corrected chi connectivity index (χ0v) is 14.5. The minimum Gasteiger partial charge on any atom is -0.497 e. The first-order valence-corrected chi connectivity index (χ1v) is 8.74. The van der Waals surface area contributed by atoms with Crippen LogP contribution in [0, 0.1) is 0 Å². The van der Waals surface area contributed by atoms with Gasteiger partial charge in [0, 0.05) is 16.7 Å². The smallest absolute Gasteiger partial charge is 0.453 e. The van der Waals surface area contributed by atoms with Crippen molar-refractivity contribution >= 4 is 23.1 Å². The largest absolute Gasteiger partial charge is 0.497 e. The van der Waals surface area contributed by atoms with E-state index in [1.165, 1.54) is 11.3 Å². The third-order valence-electron chi connectivity index (χ3n) is 3.16. The summed E-state index contributed by atoms with van der Waals surface area (Å²) < 4.78 is 43.5. The number of alkyl halides is 3. The minimum atomic E-state index is -4.64. The number of nitrogen functional groups attached to an aromatic ring is 1. The van der Waals surface area contributed by atoms with Crippen molar-refractivity contribution in [3.05, 3.63) is 41.2 Å². The molecule has 132 valence electrons. The molecule has 2 heterocycles. The Morgan fingerprint density at radius 3 is 2.56 bits per heavy atom. The lowest BCUT2D eigenvalue weighted by molar-refractivity contribution is -0.146. The van der Waals surface area contributed by atoms with Gasteiger partial charge in [0.15, 0.2) is 0 Å². The van der Waals surface area contributed by atoms with Crippen LogP contribution in [0.3, 0.4) is 0 Å². The van der Waals surface area contributed by atoms with Gasteiger partial charge in [-0.05, 0) is 24.3 Å². The van der Waals surface area contributed by atoms with E-state index in [1.807, 2.05) is 29.6 Å². The predicted molar refractivity (Wildman–Crippen MR) is 88.8 cm³/mol. The van der Waals surface area contributed by atoms with E-state index in [0.717, 1.165) is 33.8 Å². The fraction of sp³-hybridized carbons (Fsp3) is 0.214. The lowest BCUT2D eigenvalue weighted by Crippen LogP contribution is -2.21. The highest BCUT2D eigenvalue weighted by molar-refractivity contribution is 7.98. The number of benzene rings is 1. The Morgan fingerprint density at radius 2 is 1.96 bits per heavy atom. The quantitative estimate of drug-likeness (QED) is 0.534. The van der Waals surface area contributed by atoms with Crippen LogP contribution in [-0.2, 0) is 11.9 Å². The number of hydrogen-bond donors (Lipinski definition) is 1. The van der Waals surface area contributed by atoms with Crippen molar-refractivity contribution < 1.29 is 17.9 Å². The fourth-order valence-electron chi connectivity index (χ4n) is 1.95. The maximum Gasteiger partial charge on any atom is 0.453 e. The first-order valence-electron chi connectivity index (χ1n) is 6.88. The van der Waals surface area contributed by atoms with E-state index in [2.05, 4.69) is 15.2 Å². The van der Waals surface area contributed by atoms with E-state index in [0.29, 0.717) is 10.4 Å². The zero-order chi connectivity index (χ0) is 18.0. The first-order chi connectivity index (χ1) is 11.9. The Morgan fingerprint density at radius 1 is 1.24 bits per heavy atom. The molecule has 25 heavy (non-hydrogen) atoms. The molecule has 0 atom stereocenters. The van der Waals surface area contributed by atoms with Crippen molar-refractivity contribution in [3.63, 3.8) is 0 Å². The van der Waals surface area contributed by atoms with Gasteiger partial charge >= 0.3 is 6.18 Å². The summed E-state index contributed by atoms with van der Waals surface area (Å²) in [5, 5.41) is 9.18. The second-order valence-electron chi connectivity index (χ2n) is 4.84. The topological polar surface area (TPSA) is 78.9 Å². The average Bonchev–Trinajstić information content (AvgIpc) is 3.19. The maximum absolute atomic E-state index is 12.6. The van der Waals surface area contributed by atoms with E-state index in [1.54, 1.807) is 7.11 Å². The maximum atomic E-state index is 12.6. The van der Waals surface area contributed by atoms with Gasteiger partial charge in [0.05, 0.1) is 12.8 Å². The summed E-state index contributed by atoms with van der Waals surface area (Å²) in [7, 11) is 1.59. The number of thiazole rings is 1. The number of nitrogens with two attached hydrogens (primary N) is 1. The van der Waals surface area contributed by atoms with Gasteiger partial charge in [-0.1, -0.05) is 11.8 Å². The Kier molecular flexibility index (Phi) is 4.86. The number of hydrogen-bond acceptors (Lipinski definition) is 7. The number of ether oxygens (including phenoxy) is 1. The van der Waals surface area contributed by atoms with E-state index >= 15 is 0 Å². The normalized spacial score (nSPS) is 11.7. The Labute approximate surface area is 148 Å². The Bertz CT molecular complexity index is 860. The molecule has 0 bridgehead atoms. The highest BCUT2D eigenvalue weighted by Gasteiger charge is 2.38. The van der Waals surface area contributed by atoms with Crippen LogP contribution in [0.15, 0.2) is 34.8 Å². The molecule has 0 aliphatic rings. The second-order valence-corrected chi connectivity index (χ2v) is 6.64. The van der Waals surface area contributed by atoms with Crippen molar-refractivity contribution in [1.29, 1.82) is 0 Å². The van der Waals surface area contributed by atoms with Crippen LogP contribution < -0.4 is 10.6 Å². The molecule has 1 aromatic carbocycles. The van der Waals surface area contributed by atoms with Crippen LogP contribution in [-0.4, -0.2) is 27.0 Å². The highest BCUT2D eigenvalue weighted by atomic mass is 32.2. The van der Waals surface area contributed by atoms with Crippen molar-refractivity contribution in [2.75, 3.05) is 13.0 Å². The molecule has 6 nitrogen and oxygen atoms in total. The molecule has 0 amide bonds. The number of nitrogens with zero attached hydrogens (tertiary/aromatic N) is 4. The fourth-order valence-corrected chi connectivity index (χ4v) is 3.63. The third-order valence-corrected chi connectivity index (χ3v) is 5.07. The van der Waals surface area contributed by atoms with Gasteiger partial charge in [-0.2, -0.15) is 13.2 Å². The van der Waals surface area contributed by atoms with Crippen LogP contribution >= 0.6 is 23.1 Å². The van der Waals surface area contributed by atoms with E-state index in [9.17, 15) is 13.2 Å². The molecular weight excluding hydrogens is 375 g/mol. The molecule has 11 heteroatoms. The van der Waals surface area contributed by atoms with Gasteiger partial charge in [-0.15, -0.1) is 21.5 Å². The molecule has 0 saturated heterocycles. The molecule has 3 rings (SSSR count). The van der Waals surface area contributed by atoms with Crippen LogP contribution in [0.25, 0.3) is 10.6 Å². The molecule has 0 aliphatic carbocycles. The lowest BCUT2D eigenvalue weighted by Gasteiger charge is -2.05. The summed E-state index contributed by atoms with van der Waals surface area (Å²) in [5.41, 5.74) is 1.65. The number of aromatic nitrogens is 4. The van der Waals surface area contributed by atoms with Gasteiger partial charge in [-0.3, -0.25) is 0 Å². The zero-order valence-electron chi connectivity index (χ0n) is 12.8. The monoisotopic (exact) mass is 387 g/mol. The van der Waals surface area contributed by atoms with Crippen LogP contribution in [0.1, 0.15) is 11.5 Å². The summed E-state index contributed by atoms with van der Waals surface area (Å²) in [4.78, 5) is 4.47. The molecule has 0 radical (unpaired) electrons. The van der Waals surface area contributed by atoms with Gasteiger partial charge in [-0.25, -0.2) is 9.66 Å². The summed E-state index contributed by atoms with van der Waals surface area (Å²) in [5.74, 6) is 5.25. The number of halogens is 3. The highest BCUT2D eigenvalue weighted by Crippen LogP contribution is 2.31. The van der Waals surface area contributed by atoms with Crippen LogP contribution in [0.2, 0.25) is 0 Å². The molecule has 0 fully saturated rings. The molecule has 0 spiro atoms. The minimum absolute atomic E-state index is 0.0219. The molecule has 0 aliphatic heterocycles. The average molecular weight is 387 g/mol. The SMILES string of the molecule is COc1ccc(-c2nc(CSc3nnc(C(F)(F)F)n3N)cs2)cc1. The second kappa shape index (κ2) is 6.92. The molecule has 0 saturated carbocycles. The molecule has 2 aromatic heterocycles. The Balaban J connectivity index is 1.69. The molecule has 3 aromatic rings.